The maximum absolute atomic E-state index is 12.7. The van der Waals surface area contributed by atoms with E-state index in [9.17, 15) is 13.2 Å². The molecule has 1 N–H and O–H groups in total. The van der Waals surface area contributed by atoms with Gasteiger partial charge in [-0.1, -0.05) is 47.5 Å². The summed E-state index contributed by atoms with van der Waals surface area (Å²) in [5, 5.41) is 3.47. The number of ether oxygens (including phenoxy) is 1. The van der Waals surface area contributed by atoms with E-state index >= 15 is 0 Å². The highest BCUT2D eigenvalue weighted by atomic mass is 35.5. The molecule has 28 heavy (non-hydrogen) atoms. The summed E-state index contributed by atoms with van der Waals surface area (Å²) >= 11 is 11.8. The first-order chi connectivity index (χ1) is 13.4. The minimum Gasteiger partial charge on any atom is -0.379 e. The minimum atomic E-state index is -3.45. The van der Waals surface area contributed by atoms with Gasteiger partial charge in [0.15, 0.2) is 0 Å². The monoisotopic (exact) mass is 442 g/mol. The lowest BCUT2D eigenvalue weighted by Crippen LogP contribution is -2.41. The number of carbonyl (C=O) groups is 1. The van der Waals surface area contributed by atoms with Gasteiger partial charge < -0.3 is 10.1 Å². The van der Waals surface area contributed by atoms with Crippen LogP contribution in [0.4, 0.5) is 0 Å². The van der Waals surface area contributed by atoms with Crippen LogP contribution in [-0.4, -0.2) is 44.9 Å². The number of carbonyl (C=O) groups excluding carboxylic acids is 1. The smallest absolute Gasteiger partial charge is 0.251 e. The van der Waals surface area contributed by atoms with Crippen molar-refractivity contribution in [1.82, 2.24) is 9.62 Å². The Morgan fingerprint density at radius 3 is 2.39 bits per heavy atom. The quantitative estimate of drug-likeness (QED) is 0.745. The molecule has 1 amide bonds. The fourth-order valence-corrected chi connectivity index (χ4v) is 4.76. The highest BCUT2D eigenvalue weighted by Crippen LogP contribution is 2.23. The van der Waals surface area contributed by atoms with Crippen LogP contribution in [-0.2, 0) is 27.1 Å². The van der Waals surface area contributed by atoms with Crippen molar-refractivity contribution in [3.05, 3.63) is 69.2 Å². The molecule has 1 saturated heterocycles. The van der Waals surface area contributed by atoms with Gasteiger partial charge >= 0.3 is 0 Å². The van der Waals surface area contributed by atoms with Crippen LogP contribution in [0.1, 0.15) is 21.5 Å². The summed E-state index contributed by atoms with van der Waals surface area (Å²) in [5.74, 6) is -0.435. The number of benzene rings is 2. The molecule has 150 valence electrons. The van der Waals surface area contributed by atoms with Crippen molar-refractivity contribution < 1.29 is 17.9 Å². The first kappa shape index (κ1) is 21.1. The Hall–Kier alpha value is -1.64. The number of hydrogen-bond donors (Lipinski definition) is 1. The van der Waals surface area contributed by atoms with E-state index in [0.717, 1.165) is 5.56 Å². The maximum Gasteiger partial charge on any atom is 0.251 e. The molecule has 1 aliphatic heterocycles. The second-order valence-corrected chi connectivity index (χ2v) is 9.13. The molecule has 6 nitrogen and oxygen atoms in total. The topological polar surface area (TPSA) is 75.7 Å². The summed E-state index contributed by atoms with van der Waals surface area (Å²) in [5.41, 5.74) is 1.78. The van der Waals surface area contributed by atoms with E-state index in [-0.39, 0.29) is 18.2 Å². The van der Waals surface area contributed by atoms with E-state index < -0.39 is 10.0 Å². The third-order valence-electron chi connectivity index (χ3n) is 4.44. The molecule has 3 rings (SSSR count). The molecule has 0 aromatic heterocycles. The number of hydrogen-bond acceptors (Lipinski definition) is 4. The summed E-state index contributed by atoms with van der Waals surface area (Å²) in [7, 11) is -3.45. The van der Waals surface area contributed by atoms with Crippen molar-refractivity contribution >= 4 is 39.1 Å². The lowest BCUT2D eigenvalue weighted by Gasteiger charge is -2.26. The van der Waals surface area contributed by atoms with Crippen molar-refractivity contribution in [2.75, 3.05) is 26.3 Å². The van der Waals surface area contributed by atoms with Gasteiger partial charge in [-0.05, 0) is 29.3 Å². The zero-order valence-electron chi connectivity index (χ0n) is 15.0. The molecule has 0 unspecified atom stereocenters. The molecule has 0 atom stereocenters. The van der Waals surface area contributed by atoms with Crippen LogP contribution < -0.4 is 5.32 Å². The van der Waals surface area contributed by atoms with Gasteiger partial charge in [0.2, 0.25) is 10.0 Å². The number of nitrogens with zero attached hydrogens (tertiary/aromatic N) is 1. The number of nitrogens with one attached hydrogen (secondary N) is 1. The molecule has 1 aliphatic rings. The number of amides is 1. The minimum absolute atomic E-state index is 0.119. The van der Waals surface area contributed by atoms with Gasteiger partial charge in [0, 0.05) is 25.2 Å². The average Bonchev–Trinajstić information content (AvgIpc) is 2.69. The Morgan fingerprint density at radius 1 is 1.04 bits per heavy atom. The van der Waals surface area contributed by atoms with Crippen molar-refractivity contribution in [2.24, 2.45) is 0 Å². The predicted octanol–water partition coefficient (Wildman–Crippen LogP) is 3.09. The third kappa shape index (κ3) is 5.24. The van der Waals surface area contributed by atoms with Crippen LogP contribution in [0.15, 0.2) is 42.5 Å². The molecule has 1 heterocycles. The molecular weight excluding hydrogens is 423 g/mol. The summed E-state index contributed by atoms with van der Waals surface area (Å²) < 4.78 is 32.1. The van der Waals surface area contributed by atoms with E-state index in [4.69, 9.17) is 27.9 Å². The van der Waals surface area contributed by atoms with E-state index in [0.29, 0.717) is 47.5 Å². The van der Waals surface area contributed by atoms with E-state index in [2.05, 4.69) is 5.32 Å². The fourth-order valence-electron chi connectivity index (χ4n) is 2.90. The standard InChI is InChI=1S/C19H20Cl2N2O4S/c20-17-6-5-14(11-18(17)21)19(24)22-12-15-3-1-2-4-16(15)13-28(25,26)23-7-9-27-10-8-23/h1-6,11H,7-10,12-13H2,(H,22,24). The van der Waals surface area contributed by atoms with Crippen LogP contribution in [0.2, 0.25) is 10.0 Å². The second-order valence-electron chi connectivity index (χ2n) is 6.35. The van der Waals surface area contributed by atoms with Gasteiger partial charge in [-0.3, -0.25) is 4.79 Å². The molecule has 0 saturated carbocycles. The molecule has 9 heteroatoms. The van der Waals surface area contributed by atoms with Gasteiger partial charge in [-0.2, -0.15) is 4.31 Å². The Balaban J connectivity index is 1.70. The van der Waals surface area contributed by atoms with Gasteiger partial charge in [0.1, 0.15) is 0 Å². The molecule has 2 aromatic carbocycles. The Kier molecular flexibility index (Phi) is 6.95. The van der Waals surface area contributed by atoms with Crippen LogP contribution in [0.25, 0.3) is 0 Å². The Morgan fingerprint density at radius 2 is 1.71 bits per heavy atom. The first-order valence-corrected chi connectivity index (χ1v) is 11.1. The summed E-state index contributed by atoms with van der Waals surface area (Å²) in [6.07, 6.45) is 0. The number of halogens is 2. The van der Waals surface area contributed by atoms with Crippen molar-refractivity contribution in [3.63, 3.8) is 0 Å². The van der Waals surface area contributed by atoms with Crippen LogP contribution in [0.3, 0.4) is 0 Å². The maximum atomic E-state index is 12.7. The van der Waals surface area contributed by atoms with E-state index in [1.165, 1.54) is 10.4 Å². The Bertz CT molecular complexity index is 960. The molecule has 2 aromatic rings. The third-order valence-corrected chi connectivity index (χ3v) is 7.01. The van der Waals surface area contributed by atoms with Crippen LogP contribution in [0, 0.1) is 0 Å². The summed E-state index contributed by atoms with van der Waals surface area (Å²) in [6, 6.07) is 11.8. The lowest BCUT2D eigenvalue weighted by molar-refractivity contribution is 0.0729. The van der Waals surface area contributed by atoms with Gasteiger partial charge in [0.25, 0.3) is 5.91 Å². The number of rotatable bonds is 6. The number of sulfonamides is 1. The molecule has 0 aliphatic carbocycles. The van der Waals surface area contributed by atoms with Crippen LogP contribution >= 0.6 is 23.2 Å². The highest BCUT2D eigenvalue weighted by molar-refractivity contribution is 7.88. The fraction of sp³-hybridized carbons (Fsp3) is 0.316. The van der Waals surface area contributed by atoms with Gasteiger partial charge in [-0.15, -0.1) is 0 Å². The Labute approximate surface area is 174 Å². The van der Waals surface area contributed by atoms with E-state index in [1.54, 1.807) is 30.3 Å². The molecular formula is C19H20Cl2N2O4S. The molecule has 1 fully saturated rings. The highest BCUT2D eigenvalue weighted by Gasteiger charge is 2.25. The number of morpholine rings is 1. The summed E-state index contributed by atoms with van der Waals surface area (Å²) in [4.78, 5) is 12.4. The van der Waals surface area contributed by atoms with Crippen molar-refractivity contribution in [1.29, 1.82) is 0 Å². The molecule has 0 bridgehead atoms. The SMILES string of the molecule is O=C(NCc1ccccc1CS(=O)(=O)N1CCOCC1)c1ccc(Cl)c(Cl)c1. The van der Waals surface area contributed by atoms with Crippen molar-refractivity contribution in [3.8, 4) is 0 Å². The van der Waals surface area contributed by atoms with Gasteiger partial charge in [-0.25, -0.2) is 8.42 Å². The van der Waals surface area contributed by atoms with Gasteiger partial charge in [0.05, 0.1) is 29.0 Å². The largest absolute Gasteiger partial charge is 0.379 e. The first-order valence-electron chi connectivity index (χ1n) is 8.72. The van der Waals surface area contributed by atoms with Crippen LogP contribution in [0.5, 0.6) is 0 Å². The second kappa shape index (κ2) is 9.24. The zero-order chi connectivity index (χ0) is 20.1. The zero-order valence-corrected chi connectivity index (χ0v) is 17.4. The molecule has 0 spiro atoms. The lowest BCUT2D eigenvalue weighted by atomic mass is 10.1. The predicted molar refractivity (Wildman–Crippen MR) is 109 cm³/mol. The normalized spacial score (nSPS) is 15.4. The molecule has 0 radical (unpaired) electrons. The summed E-state index contributed by atoms with van der Waals surface area (Å²) in [6.45, 7) is 1.73. The van der Waals surface area contributed by atoms with E-state index in [1.807, 2.05) is 6.07 Å². The van der Waals surface area contributed by atoms with Crippen molar-refractivity contribution in [2.45, 2.75) is 12.3 Å². The average molecular weight is 443 g/mol.